The molecule has 1 fully saturated rings. The maximum atomic E-state index is 13.9. The van der Waals surface area contributed by atoms with Crippen molar-refractivity contribution in [3.63, 3.8) is 0 Å². The number of amides is 1. The number of alkyl halides is 7. The fourth-order valence-electron chi connectivity index (χ4n) is 2.88. The SMILES string of the molecule is C=C(F)C(=O)OC(OCCCCC(F)(F)C(F)(F)S(=O)(=O)[O-])(C(=O)N1CCCCC1)C(F)(F)F. The van der Waals surface area contributed by atoms with Crippen LogP contribution in [-0.2, 0) is 29.2 Å². The van der Waals surface area contributed by atoms with E-state index in [1.54, 1.807) is 0 Å². The van der Waals surface area contributed by atoms with Crippen LogP contribution in [0.25, 0.3) is 0 Å². The van der Waals surface area contributed by atoms with Crippen LogP contribution in [0.5, 0.6) is 0 Å². The fraction of sp³-hybridized carbons (Fsp3) is 0.765. The van der Waals surface area contributed by atoms with Gasteiger partial charge in [-0.15, -0.1) is 0 Å². The van der Waals surface area contributed by atoms with Gasteiger partial charge >= 0.3 is 35.0 Å². The largest absolute Gasteiger partial charge is 0.743 e. The first-order valence-corrected chi connectivity index (χ1v) is 11.0. The van der Waals surface area contributed by atoms with Gasteiger partial charge in [0.1, 0.15) is 0 Å². The molecule has 0 aromatic carbocycles. The zero-order valence-electron chi connectivity index (χ0n) is 17.3. The average Bonchev–Trinajstić information content (AvgIpc) is 2.70. The Bertz CT molecular complexity index is 872. The van der Waals surface area contributed by atoms with E-state index in [0.29, 0.717) is 11.3 Å². The number of unbranched alkanes of at least 4 members (excludes halogenated alkanes) is 1. The Morgan fingerprint density at radius 3 is 1.94 bits per heavy atom. The summed E-state index contributed by atoms with van der Waals surface area (Å²) in [5.41, 5.74) is 0. The van der Waals surface area contributed by atoms with Crippen molar-refractivity contribution >= 4 is 22.0 Å². The first-order chi connectivity index (χ1) is 15.3. The Hall–Kier alpha value is -2.01. The molecule has 1 unspecified atom stereocenters. The van der Waals surface area contributed by atoms with Crippen molar-refractivity contribution in [2.45, 2.75) is 61.7 Å². The lowest BCUT2D eigenvalue weighted by atomic mass is 10.1. The molecule has 0 spiro atoms. The number of esters is 1. The number of carbonyl (C=O) groups is 2. The van der Waals surface area contributed by atoms with Crippen LogP contribution in [0.2, 0.25) is 0 Å². The van der Waals surface area contributed by atoms with Crippen LogP contribution >= 0.6 is 0 Å². The highest BCUT2D eigenvalue weighted by Crippen LogP contribution is 2.42. The number of hydrogen-bond donors (Lipinski definition) is 0. The van der Waals surface area contributed by atoms with E-state index in [4.69, 9.17) is 0 Å². The standard InChI is InChI=1S/C17H21F8NO7S/c1-11(18)12(27)33-15(16(21,22)23,13(28)26-8-4-2-5-9-26)32-10-6-3-7-14(19,20)17(24,25)34(29,30)31/h1-10H2,(H,29,30,31)/p-1. The summed E-state index contributed by atoms with van der Waals surface area (Å²) in [4.78, 5) is 24.8. The topological polar surface area (TPSA) is 113 Å². The van der Waals surface area contributed by atoms with Gasteiger partial charge in [-0.1, -0.05) is 6.58 Å². The Morgan fingerprint density at radius 2 is 1.50 bits per heavy atom. The van der Waals surface area contributed by atoms with Crippen LogP contribution in [0.4, 0.5) is 35.1 Å². The van der Waals surface area contributed by atoms with Crippen molar-refractivity contribution in [3.05, 3.63) is 12.4 Å². The zero-order chi connectivity index (χ0) is 26.6. The Kier molecular flexibility index (Phi) is 9.47. The van der Waals surface area contributed by atoms with Gasteiger partial charge in [-0.25, -0.2) is 13.2 Å². The van der Waals surface area contributed by atoms with Gasteiger partial charge in [0.25, 0.3) is 0 Å². The van der Waals surface area contributed by atoms with E-state index in [1.165, 1.54) is 0 Å². The molecular formula is C17H20F8NO7S-. The van der Waals surface area contributed by atoms with Crippen molar-refractivity contribution in [2.75, 3.05) is 19.7 Å². The lowest BCUT2D eigenvalue weighted by molar-refractivity contribution is -0.351. The monoisotopic (exact) mass is 534 g/mol. The number of ether oxygens (including phenoxy) is 2. The third-order valence-electron chi connectivity index (χ3n) is 4.69. The minimum Gasteiger partial charge on any atom is -0.743 e. The fourth-order valence-corrected chi connectivity index (χ4v) is 3.35. The summed E-state index contributed by atoms with van der Waals surface area (Å²) in [5.74, 6) is -16.0. The van der Waals surface area contributed by atoms with Crippen LogP contribution in [0.3, 0.4) is 0 Å². The summed E-state index contributed by atoms with van der Waals surface area (Å²) in [6.45, 7) is 0.769. The van der Waals surface area contributed by atoms with Crippen molar-refractivity contribution in [3.8, 4) is 0 Å². The molecule has 198 valence electrons. The van der Waals surface area contributed by atoms with Crippen LogP contribution in [-0.4, -0.2) is 72.6 Å². The van der Waals surface area contributed by atoms with E-state index in [-0.39, 0.29) is 25.9 Å². The first kappa shape index (κ1) is 30.0. The molecule has 34 heavy (non-hydrogen) atoms. The van der Waals surface area contributed by atoms with Gasteiger partial charge in [-0.05, 0) is 32.1 Å². The number of nitrogens with zero attached hydrogens (tertiary/aromatic N) is 1. The first-order valence-electron chi connectivity index (χ1n) is 9.59. The van der Waals surface area contributed by atoms with Crippen LogP contribution < -0.4 is 0 Å². The highest BCUT2D eigenvalue weighted by atomic mass is 32.2. The van der Waals surface area contributed by atoms with Gasteiger partial charge in [-0.2, -0.15) is 35.1 Å². The van der Waals surface area contributed by atoms with E-state index in [2.05, 4.69) is 16.1 Å². The molecule has 1 heterocycles. The molecule has 8 nitrogen and oxygen atoms in total. The van der Waals surface area contributed by atoms with E-state index in [0.717, 1.165) is 0 Å². The highest BCUT2D eigenvalue weighted by molar-refractivity contribution is 7.86. The second-order valence-corrected chi connectivity index (χ2v) is 8.66. The quantitative estimate of drug-likeness (QED) is 0.0999. The smallest absolute Gasteiger partial charge is 0.466 e. The number of piperidine rings is 1. The molecule has 1 atom stereocenters. The Morgan fingerprint density at radius 1 is 0.971 bits per heavy atom. The lowest BCUT2D eigenvalue weighted by Gasteiger charge is -2.38. The second-order valence-electron chi connectivity index (χ2n) is 7.24. The number of likely N-dealkylation sites (tertiary alicyclic amines) is 1. The molecule has 0 aromatic heterocycles. The summed E-state index contributed by atoms with van der Waals surface area (Å²) in [5, 5.41) is -5.99. The van der Waals surface area contributed by atoms with E-state index >= 15 is 0 Å². The lowest BCUT2D eigenvalue weighted by Crippen LogP contribution is -2.63. The molecule has 1 aliphatic heterocycles. The molecule has 0 N–H and O–H groups in total. The highest BCUT2D eigenvalue weighted by Gasteiger charge is 2.67. The van der Waals surface area contributed by atoms with Gasteiger partial charge < -0.3 is 18.9 Å². The normalized spacial score (nSPS) is 17.7. The van der Waals surface area contributed by atoms with Gasteiger partial charge in [0.05, 0.1) is 6.61 Å². The summed E-state index contributed by atoms with van der Waals surface area (Å²) in [6.07, 6.45) is -8.61. The molecule has 0 aromatic rings. The van der Waals surface area contributed by atoms with Crippen molar-refractivity contribution in [1.29, 1.82) is 0 Å². The molecule has 0 saturated carbocycles. The number of rotatable bonds is 11. The molecule has 1 saturated heterocycles. The van der Waals surface area contributed by atoms with Crippen molar-refractivity contribution in [2.24, 2.45) is 0 Å². The van der Waals surface area contributed by atoms with Crippen LogP contribution in [0, 0.1) is 0 Å². The minimum absolute atomic E-state index is 0.195. The molecule has 1 aliphatic rings. The molecule has 0 radical (unpaired) electrons. The van der Waals surface area contributed by atoms with E-state index in [9.17, 15) is 57.7 Å². The van der Waals surface area contributed by atoms with Gasteiger partial charge in [0.15, 0.2) is 10.1 Å². The van der Waals surface area contributed by atoms with Crippen LogP contribution in [0.15, 0.2) is 12.4 Å². The van der Waals surface area contributed by atoms with Gasteiger partial charge in [0.2, 0.25) is 5.83 Å². The number of carbonyl (C=O) groups excluding carboxylic acids is 2. The third-order valence-corrected chi connectivity index (χ3v) is 5.61. The summed E-state index contributed by atoms with van der Waals surface area (Å²) < 4.78 is 147. The minimum atomic E-state index is -6.76. The van der Waals surface area contributed by atoms with Crippen molar-refractivity contribution < 1.29 is 67.2 Å². The number of hydrogen-bond acceptors (Lipinski definition) is 7. The summed E-state index contributed by atoms with van der Waals surface area (Å²) in [7, 11) is -6.76. The van der Waals surface area contributed by atoms with Gasteiger partial charge in [0, 0.05) is 19.5 Å². The maximum absolute atomic E-state index is 13.9. The summed E-state index contributed by atoms with van der Waals surface area (Å²) >= 11 is 0. The molecule has 0 bridgehead atoms. The Labute approximate surface area is 188 Å². The summed E-state index contributed by atoms with van der Waals surface area (Å²) in [6, 6.07) is 0. The zero-order valence-corrected chi connectivity index (χ0v) is 18.1. The van der Waals surface area contributed by atoms with E-state index in [1.807, 2.05) is 0 Å². The van der Waals surface area contributed by atoms with E-state index < -0.39 is 76.8 Å². The molecule has 17 heteroatoms. The molecule has 1 amide bonds. The molecule has 0 aliphatic carbocycles. The second kappa shape index (κ2) is 10.7. The van der Waals surface area contributed by atoms with Crippen LogP contribution in [0.1, 0.15) is 38.5 Å². The predicted molar refractivity (Wildman–Crippen MR) is 95.0 cm³/mol. The molecular weight excluding hydrogens is 514 g/mol. The van der Waals surface area contributed by atoms with Crippen molar-refractivity contribution in [1.82, 2.24) is 4.90 Å². The third kappa shape index (κ3) is 6.56. The number of halogens is 8. The maximum Gasteiger partial charge on any atom is 0.466 e. The average molecular weight is 534 g/mol. The molecule has 1 rings (SSSR count). The predicted octanol–water partition coefficient (Wildman–Crippen LogP) is 3.24. The Balaban J connectivity index is 3.05. The van der Waals surface area contributed by atoms with Gasteiger partial charge in [-0.3, -0.25) is 4.79 Å².